The molecule has 1 nitrogen and oxygen atoms in total. The second-order valence-corrected chi connectivity index (χ2v) is 3.28. The zero-order chi connectivity index (χ0) is 15.1. The lowest BCUT2D eigenvalue weighted by Crippen LogP contribution is -2.22. The lowest BCUT2D eigenvalue weighted by atomic mass is 10.3. The average Bonchev–Trinajstić information content (AvgIpc) is 2.24. The van der Waals surface area contributed by atoms with E-state index >= 15 is 0 Å². The van der Waals surface area contributed by atoms with Crippen molar-refractivity contribution in [3.05, 3.63) is 24.3 Å². The number of hydrogen-bond acceptors (Lipinski definition) is 1. The highest BCUT2D eigenvalue weighted by Crippen LogP contribution is 2.24. The van der Waals surface area contributed by atoms with Crippen LogP contribution in [-0.2, 0) is 4.74 Å². The minimum Gasteiger partial charge on any atom is -0.373 e. The smallest absolute Gasteiger partial charge is 0.373 e. The molecule has 0 aliphatic heterocycles. The van der Waals surface area contributed by atoms with Gasteiger partial charge in [-0.3, -0.25) is 0 Å². The monoisotopic (exact) mass is 298 g/mol. The van der Waals surface area contributed by atoms with Crippen LogP contribution in [0.4, 0.5) is 35.1 Å². The first-order valence-corrected chi connectivity index (χ1v) is 4.87. The Balaban J connectivity index is 3.83. The minimum absolute atomic E-state index is 0.206. The Morgan fingerprint density at radius 1 is 0.737 bits per heavy atom. The molecule has 0 saturated carbocycles. The third kappa shape index (κ3) is 8.57. The van der Waals surface area contributed by atoms with Crippen LogP contribution >= 0.6 is 0 Å². The number of alkyl halides is 8. The molecule has 0 spiro atoms. The molecule has 2 unspecified atom stereocenters. The van der Waals surface area contributed by atoms with Crippen molar-refractivity contribution in [1.29, 1.82) is 0 Å². The van der Waals surface area contributed by atoms with Gasteiger partial charge < -0.3 is 4.74 Å². The van der Waals surface area contributed by atoms with Crippen molar-refractivity contribution in [3.63, 3.8) is 0 Å². The second-order valence-electron chi connectivity index (χ2n) is 3.28. The molecule has 0 N–H and O–H groups in total. The summed E-state index contributed by atoms with van der Waals surface area (Å²) in [7, 11) is 0. The average molecular weight is 298 g/mol. The standard InChI is InChI=1S/C10H10F8O/c11-7(9(13,14)15)3-1-5-19-6-2-4-8(12)10(16,17)18/h1-4,7-8H,5-6H2. The van der Waals surface area contributed by atoms with Crippen LogP contribution in [0.5, 0.6) is 0 Å². The molecule has 0 radical (unpaired) electrons. The summed E-state index contributed by atoms with van der Waals surface area (Å²) in [5, 5.41) is 0. The Morgan fingerprint density at radius 2 is 1.05 bits per heavy atom. The van der Waals surface area contributed by atoms with Crippen molar-refractivity contribution in [1.82, 2.24) is 0 Å². The maximum absolute atomic E-state index is 12.3. The van der Waals surface area contributed by atoms with E-state index in [1.165, 1.54) is 0 Å². The van der Waals surface area contributed by atoms with Gasteiger partial charge in [0.05, 0.1) is 13.2 Å². The van der Waals surface area contributed by atoms with Gasteiger partial charge in [0.15, 0.2) is 0 Å². The van der Waals surface area contributed by atoms with E-state index in [1.54, 1.807) is 0 Å². The Kier molecular flexibility index (Phi) is 7.02. The van der Waals surface area contributed by atoms with Gasteiger partial charge in [-0.25, -0.2) is 8.78 Å². The predicted molar refractivity (Wildman–Crippen MR) is 51.0 cm³/mol. The highest BCUT2D eigenvalue weighted by atomic mass is 19.4. The lowest BCUT2D eigenvalue weighted by molar-refractivity contribution is -0.166. The Bertz CT molecular complexity index is 274. The van der Waals surface area contributed by atoms with Crippen LogP contribution in [0.3, 0.4) is 0 Å². The fraction of sp³-hybridized carbons (Fsp3) is 0.600. The largest absolute Gasteiger partial charge is 0.423 e. The summed E-state index contributed by atoms with van der Waals surface area (Å²) < 4.78 is 99.0. The summed E-state index contributed by atoms with van der Waals surface area (Å²) in [5.74, 6) is 0. The van der Waals surface area contributed by atoms with E-state index in [9.17, 15) is 35.1 Å². The van der Waals surface area contributed by atoms with E-state index in [4.69, 9.17) is 0 Å². The SMILES string of the molecule is FC(C=CCOCC=CC(F)C(F)(F)F)C(F)(F)F. The molecule has 0 fully saturated rings. The molecule has 19 heavy (non-hydrogen) atoms. The maximum atomic E-state index is 12.3. The summed E-state index contributed by atoms with van der Waals surface area (Å²) in [6.45, 7) is -0.881. The van der Waals surface area contributed by atoms with Crippen LogP contribution in [0.25, 0.3) is 0 Å². The Hall–Kier alpha value is -1.12. The third-order valence-corrected chi connectivity index (χ3v) is 1.66. The first kappa shape index (κ1) is 17.9. The molecule has 0 rings (SSSR count). The van der Waals surface area contributed by atoms with Crippen molar-refractivity contribution < 1.29 is 39.9 Å². The van der Waals surface area contributed by atoms with Crippen LogP contribution < -0.4 is 0 Å². The molecule has 0 saturated heterocycles. The van der Waals surface area contributed by atoms with Gasteiger partial charge in [-0.05, 0) is 12.2 Å². The summed E-state index contributed by atoms with van der Waals surface area (Å²) in [6, 6.07) is 0. The second kappa shape index (κ2) is 7.46. The van der Waals surface area contributed by atoms with E-state index in [0.717, 1.165) is 12.2 Å². The van der Waals surface area contributed by atoms with Gasteiger partial charge in [-0.1, -0.05) is 12.2 Å². The van der Waals surface area contributed by atoms with E-state index in [2.05, 4.69) is 4.74 Å². The maximum Gasteiger partial charge on any atom is 0.423 e. The van der Waals surface area contributed by atoms with Gasteiger partial charge in [0.25, 0.3) is 0 Å². The summed E-state index contributed by atoms with van der Waals surface area (Å²) >= 11 is 0. The van der Waals surface area contributed by atoms with Gasteiger partial charge in [-0.2, -0.15) is 26.3 Å². The van der Waals surface area contributed by atoms with Crippen molar-refractivity contribution in [2.45, 2.75) is 24.7 Å². The summed E-state index contributed by atoms with van der Waals surface area (Å²) in [5.41, 5.74) is 0. The molecule has 2 atom stereocenters. The van der Waals surface area contributed by atoms with Crippen LogP contribution in [0.2, 0.25) is 0 Å². The first-order valence-electron chi connectivity index (χ1n) is 4.87. The molecular weight excluding hydrogens is 288 g/mol. The molecule has 0 heterocycles. The number of allylic oxidation sites excluding steroid dienone is 2. The van der Waals surface area contributed by atoms with E-state index in [1.807, 2.05) is 0 Å². The molecule has 0 aromatic rings. The topological polar surface area (TPSA) is 9.23 Å². The zero-order valence-electron chi connectivity index (χ0n) is 9.31. The normalized spacial score (nSPS) is 17.3. The van der Waals surface area contributed by atoms with Crippen molar-refractivity contribution in [3.8, 4) is 0 Å². The molecule has 0 amide bonds. The van der Waals surface area contributed by atoms with Crippen LogP contribution in [-0.4, -0.2) is 37.9 Å². The molecule has 0 aromatic heterocycles. The van der Waals surface area contributed by atoms with E-state index < -0.39 is 37.9 Å². The van der Waals surface area contributed by atoms with E-state index in [-0.39, 0.29) is 12.2 Å². The van der Waals surface area contributed by atoms with Crippen molar-refractivity contribution in [2.24, 2.45) is 0 Å². The molecular formula is C10H10F8O. The van der Waals surface area contributed by atoms with Crippen LogP contribution in [0.15, 0.2) is 24.3 Å². The molecule has 9 heteroatoms. The molecule has 0 aromatic carbocycles. The van der Waals surface area contributed by atoms with Gasteiger partial charge in [0, 0.05) is 0 Å². The lowest BCUT2D eigenvalue weighted by Gasteiger charge is -2.07. The molecule has 0 aliphatic rings. The van der Waals surface area contributed by atoms with Crippen molar-refractivity contribution >= 4 is 0 Å². The first-order chi connectivity index (χ1) is 8.55. The quantitative estimate of drug-likeness (QED) is 0.410. The summed E-state index contributed by atoms with van der Waals surface area (Å²) in [4.78, 5) is 0. The van der Waals surface area contributed by atoms with Crippen LogP contribution in [0, 0.1) is 0 Å². The Morgan fingerprint density at radius 3 is 1.32 bits per heavy atom. The fourth-order valence-corrected chi connectivity index (χ4v) is 0.772. The molecule has 0 bridgehead atoms. The fourth-order valence-electron chi connectivity index (χ4n) is 0.772. The highest BCUT2D eigenvalue weighted by Gasteiger charge is 2.38. The zero-order valence-corrected chi connectivity index (χ0v) is 9.31. The van der Waals surface area contributed by atoms with E-state index in [0.29, 0.717) is 0 Å². The Labute approximate surface area is 103 Å². The number of ether oxygens (including phenoxy) is 1. The predicted octanol–water partition coefficient (Wildman–Crippen LogP) is 3.92. The van der Waals surface area contributed by atoms with Gasteiger partial charge in [-0.15, -0.1) is 0 Å². The van der Waals surface area contributed by atoms with Gasteiger partial charge >= 0.3 is 12.4 Å². The summed E-state index contributed by atoms with van der Waals surface area (Å²) in [6.07, 6.45) is -14.4. The van der Waals surface area contributed by atoms with Crippen molar-refractivity contribution in [2.75, 3.05) is 13.2 Å². The van der Waals surface area contributed by atoms with Gasteiger partial charge in [0.1, 0.15) is 0 Å². The molecule has 112 valence electrons. The number of hydrogen-bond donors (Lipinski definition) is 0. The third-order valence-electron chi connectivity index (χ3n) is 1.66. The highest BCUT2D eigenvalue weighted by molar-refractivity contribution is 4.94. The van der Waals surface area contributed by atoms with Crippen LogP contribution in [0.1, 0.15) is 0 Å². The molecule has 0 aliphatic carbocycles. The van der Waals surface area contributed by atoms with Gasteiger partial charge in [0.2, 0.25) is 12.3 Å². The number of rotatable bonds is 6. The number of halogens is 8. The minimum atomic E-state index is -5.01.